The Morgan fingerprint density at radius 3 is 2.56 bits per heavy atom. The molecule has 0 fully saturated rings. The maximum Gasteiger partial charge on any atom is 0.315 e. The van der Waals surface area contributed by atoms with E-state index in [1.54, 1.807) is 0 Å². The van der Waals surface area contributed by atoms with E-state index in [1.165, 1.54) is 0 Å². The molecule has 0 aliphatic rings. The third-order valence-electron chi connectivity index (χ3n) is 2.22. The van der Waals surface area contributed by atoms with Gasteiger partial charge in [-0.1, -0.05) is 12.0 Å². The van der Waals surface area contributed by atoms with Gasteiger partial charge in [-0.2, -0.15) is 0 Å². The van der Waals surface area contributed by atoms with Crippen molar-refractivity contribution in [2.24, 2.45) is 0 Å². The van der Waals surface area contributed by atoms with Gasteiger partial charge in [0.2, 0.25) is 5.89 Å². The van der Waals surface area contributed by atoms with Gasteiger partial charge in [-0.25, -0.2) is 0 Å². The van der Waals surface area contributed by atoms with Crippen LogP contribution in [0.15, 0.2) is 4.42 Å². The number of hydrogen-bond acceptors (Lipinski definition) is 5. The third-order valence-corrected chi connectivity index (χ3v) is 2.22. The molecule has 1 heterocycles. The van der Waals surface area contributed by atoms with E-state index in [0.717, 1.165) is 6.42 Å². The van der Waals surface area contributed by atoms with Crippen LogP contribution in [-0.2, 0) is 6.54 Å². The van der Waals surface area contributed by atoms with Gasteiger partial charge < -0.3 is 15.1 Å². The smallest absolute Gasteiger partial charge is 0.315 e. The first-order valence-electron chi connectivity index (χ1n) is 5.74. The summed E-state index contributed by atoms with van der Waals surface area (Å²) in [6.07, 6.45) is 1.03. The van der Waals surface area contributed by atoms with Crippen LogP contribution in [0.25, 0.3) is 0 Å². The maximum atomic E-state index is 5.46. The largest absolute Gasteiger partial charge is 0.407 e. The zero-order chi connectivity index (χ0) is 12.2. The molecule has 0 aromatic carbocycles. The van der Waals surface area contributed by atoms with Crippen LogP contribution in [0.5, 0.6) is 0 Å². The fourth-order valence-electron chi connectivity index (χ4n) is 1.04. The standard InChI is InChI=1S/C11H22N4O/c1-6-8(2)13-10-15-14-9(16-10)7-12-11(3,4)5/h8,12H,6-7H2,1-5H3,(H,13,15). The molecule has 0 amide bonds. The first kappa shape index (κ1) is 13.0. The number of rotatable bonds is 5. The van der Waals surface area contributed by atoms with Gasteiger partial charge in [0.25, 0.3) is 0 Å². The van der Waals surface area contributed by atoms with E-state index in [9.17, 15) is 0 Å². The number of nitrogens with zero attached hydrogens (tertiary/aromatic N) is 2. The van der Waals surface area contributed by atoms with Crippen LogP contribution in [0, 0.1) is 0 Å². The van der Waals surface area contributed by atoms with Gasteiger partial charge in [-0.3, -0.25) is 0 Å². The Balaban J connectivity index is 2.45. The molecule has 0 bridgehead atoms. The van der Waals surface area contributed by atoms with Crippen molar-refractivity contribution in [3.05, 3.63) is 5.89 Å². The minimum Gasteiger partial charge on any atom is -0.407 e. The Bertz CT molecular complexity index is 316. The molecule has 1 aromatic heterocycles. The molecule has 0 spiro atoms. The van der Waals surface area contributed by atoms with Gasteiger partial charge in [0.15, 0.2) is 0 Å². The van der Waals surface area contributed by atoms with Crippen LogP contribution in [0.4, 0.5) is 6.01 Å². The highest BCUT2D eigenvalue weighted by Gasteiger charge is 2.12. The molecule has 1 rings (SSSR count). The summed E-state index contributed by atoms with van der Waals surface area (Å²) in [7, 11) is 0. The summed E-state index contributed by atoms with van der Waals surface area (Å²) in [4.78, 5) is 0. The van der Waals surface area contributed by atoms with Crippen LogP contribution in [0.1, 0.15) is 46.9 Å². The lowest BCUT2D eigenvalue weighted by Crippen LogP contribution is -2.35. The topological polar surface area (TPSA) is 63.0 Å². The fourth-order valence-corrected chi connectivity index (χ4v) is 1.04. The minimum absolute atomic E-state index is 0.0543. The van der Waals surface area contributed by atoms with Crippen LogP contribution in [0.2, 0.25) is 0 Å². The zero-order valence-electron chi connectivity index (χ0n) is 10.8. The Hall–Kier alpha value is -1.10. The lowest BCUT2D eigenvalue weighted by molar-refractivity contribution is 0.383. The third kappa shape index (κ3) is 4.61. The van der Waals surface area contributed by atoms with Crippen molar-refractivity contribution >= 4 is 6.01 Å². The SMILES string of the molecule is CCC(C)Nc1nnc(CNC(C)(C)C)o1. The highest BCUT2D eigenvalue weighted by atomic mass is 16.4. The van der Waals surface area contributed by atoms with Crippen LogP contribution >= 0.6 is 0 Å². The van der Waals surface area contributed by atoms with Crippen LogP contribution in [-0.4, -0.2) is 21.8 Å². The first-order valence-corrected chi connectivity index (χ1v) is 5.74. The highest BCUT2D eigenvalue weighted by Crippen LogP contribution is 2.09. The zero-order valence-corrected chi connectivity index (χ0v) is 10.8. The van der Waals surface area contributed by atoms with Gasteiger partial charge in [0.05, 0.1) is 6.54 Å². The second-order valence-corrected chi connectivity index (χ2v) is 5.06. The summed E-state index contributed by atoms with van der Waals surface area (Å²) in [5.41, 5.74) is 0.0543. The van der Waals surface area contributed by atoms with Crippen LogP contribution < -0.4 is 10.6 Å². The maximum absolute atomic E-state index is 5.46. The van der Waals surface area contributed by atoms with E-state index < -0.39 is 0 Å². The molecule has 92 valence electrons. The normalized spacial score (nSPS) is 13.8. The second kappa shape index (κ2) is 5.30. The molecule has 0 aliphatic carbocycles. The average molecular weight is 226 g/mol. The summed E-state index contributed by atoms with van der Waals surface area (Å²) in [6.45, 7) is 11.1. The summed E-state index contributed by atoms with van der Waals surface area (Å²) < 4.78 is 5.46. The van der Waals surface area contributed by atoms with E-state index in [-0.39, 0.29) is 5.54 Å². The van der Waals surface area contributed by atoms with Gasteiger partial charge in [0.1, 0.15) is 0 Å². The van der Waals surface area contributed by atoms with E-state index >= 15 is 0 Å². The predicted molar refractivity (Wildman–Crippen MR) is 64.3 cm³/mol. The quantitative estimate of drug-likeness (QED) is 0.805. The van der Waals surface area contributed by atoms with E-state index in [0.29, 0.717) is 24.5 Å². The van der Waals surface area contributed by atoms with Gasteiger partial charge in [-0.05, 0) is 34.1 Å². The van der Waals surface area contributed by atoms with Gasteiger partial charge in [-0.15, -0.1) is 5.10 Å². The Morgan fingerprint density at radius 1 is 1.31 bits per heavy atom. The fraction of sp³-hybridized carbons (Fsp3) is 0.818. The molecule has 1 unspecified atom stereocenters. The Morgan fingerprint density at radius 2 is 2.00 bits per heavy atom. The molecule has 2 N–H and O–H groups in total. The number of nitrogens with one attached hydrogen (secondary N) is 2. The second-order valence-electron chi connectivity index (χ2n) is 5.06. The van der Waals surface area contributed by atoms with Crippen molar-refractivity contribution in [1.82, 2.24) is 15.5 Å². The molecular weight excluding hydrogens is 204 g/mol. The molecule has 16 heavy (non-hydrogen) atoms. The number of anilines is 1. The molecular formula is C11H22N4O. The molecule has 0 saturated carbocycles. The predicted octanol–water partition coefficient (Wildman–Crippen LogP) is 2.17. The van der Waals surface area contributed by atoms with Crippen LogP contribution in [0.3, 0.4) is 0 Å². The Kier molecular flexibility index (Phi) is 4.29. The highest BCUT2D eigenvalue weighted by molar-refractivity contribution is 5.18. The molecule has 1 aromatic rings. The van der Waals surface area contributed by atoms with Crippen molar-refractivity contribution in [1.29, 1.82) is 0 Å². The average Bonchev–Trinajstić information content (AvgIpc) is 2.61. The monoisotopic (exact) mass is 226 g/mol. The molecule has 0 radical (unpaired) electrons. The van der Waals surface area contributed by atoms with E-state index in [2.05, 4.69) is 55.4 Å². The minimum atomic E-state index is 0.0543. The molecule has 1 atom stereocenters. The van der Waals surface area contributed by atoms with E-state index in [1.807, 2.05) is 0 Å². The van der Waals surface area contributed by atoms with Gasteiger partial charge >= 0.3 is 6.01 Å². The van der Waals surface area contributed by atoms with Crippen molar-refractivity contribution in [3.8, 4) is 0 Å². The van der Waals surface area contributed by atoms with E-state index in [4.69, 9.17) is 4.42 Å². The lowest BCUT2D eigenvalue weighted by Gasteiger charge is -2.18. The molecule has 5 heteroatoms. The molecule has 5 nitrogen and oxygen atoms in total. The summed E-state index contributed by atoms with van der Waals surface area (Å²) in [5.74, 6) is 0.612. The molecule has 0 aliphatic heterocycles. The van der Waals surface area contributed by atoms with Crippen molar-refractivity contribution in [3.63, 3.8) is 0 Å². The summed E-state index contributed by atoms with van der Waals surface area (Å²) in [5, 5.41) is 14.3. The van der Waals surface area contributed by atoms with Gasteiger partial charge in [0, 0.05) is 11.6 Å². The first-order chi connectivity index (χ1) is 7.40. The number of aromatic nitrogens is 2. The number of hydrogen-bond donors (Lipinski definition) is 2. The van der Waals surface area contributed by atoms with Crippen molar-refractivity contribution < 1.29 is 4.42 Å². The van der Waals surface area contributed by atoms with Crippen molar-refractivity contribution in [2.75, 3.05) is 5.32 Å². The Labute approximate surface area is 97.0 Å². The molecule has 0 saturated heterocycles. The summed E-state index contributed by atoms with van der Waals surface area (Å²) in [6, 6.07) is 0.851. The summed E-state index contributed by atoms with van der Waals surface area (Å²) >= 11 is 0. The lowest BCUT2D eigenvalue weighted by atomic mass is 10.1. The van der Waals surface area contributed by atoms with Crippen molar-refractivity contribution in [2.45, 2.75) is 59.2 Å².